The number of fused-ring (bicyclic) bond motifs is 4. The van der Waals surface area contributed by atoms with Gasteiger partial charge in [-0.3, -0.25) is 0 Å². The Morgan fingerprint density at radius 3 is 1.61 bits per heavy atom. The first-order valence-corrected chi connectivity index (χ1v) is 25.4. The number of urea groups is 2. The number of carbonyl (C=O) groups excluding carboxylic acids is 2. The van der Waals surface area contributed by atoms with Gasteiger partial charge in [0.2, 0.25) is 0 Å². The molecule has 66 heavy (non-hydrogen) atoms. The van der Waals surface area contributed by atoms with E-state index in [2.05, 4.69) is 96.7 Å². The summed E-state index contributed by atoms with van der Waals surface area (Å²) in [7, 11) is -2.95. The largest absolute Gasteiger partial charge is 0.363 e. The number of benzene rings is 4. The van der Waals surface area contributed by atoms with Gasteiger partial charge in [0.25, 0.3) is 0 Å². The van der Waals surface area contributed by atoms with Crippen molar-refractivity contribution in [3.63, 3.8) is 0 Å². The lowest BCUT2D eigenvalue weighted by Crippen LogP contribution is -2.46. The topological polar surface area (TPSA) is 182 Å². The molecule has 0 radical (unpaired) electrons. The van der Waals surface area contributed by atoms with Crippen molar-refractivity contribution in [1.82, 2.24) is 30.8 Å². The van der Waals surface area contributed by atoms with Gasteiger partial charge in [-0.25, -0.2) is 28.0 Å². The molecule has 2 aliphatic carbocycles. The minimum Gasteiger partial charge on any atom is -0.363 e. The van der Waals surface area contributed by atoms with E-state index in [0.717, 1.165) is 122 Å². The fourth-order valence-electron chi connectivity index (χ4n) is 9.61. The van der Waals surface area contributed by atoms with Crippen molar-refractivity contribution in [3.8, 4) is 0 Å². The molecule has 0 bridgehead atoms. The Bertz CT molecular complexity index is 2790. The van der Waals surface area contributed by atoms with Crippen LogP contribution >= 0.6 is 0 Å². The summed E-state index contributed by atoms with van der Waals surface area (Å²) >= 11 is 0. The lowest BCUT2D eigenvalue weighted by atomic mass is 10.1. The number of aryl methyl sites for hydroxylation is 2. The van der Waals surface area contributed by atoms with Crippen LogP contribution in [0.3, 0.4) is 0 Å². The van der Waals surface area contributed by atoms with Crippen LogP contribution in [0.5, 0.6) is 0 Å². The highest BCUT2D eigenvalue weighted by molar-refractivity contribution is 7.90. The summed E-state index contributed by atoms with van der Waals surface area (Å²) in [6.07, 6.45) is 9.16. The van der Waals surface area contributed by atoms with Crippen molar-refractivity contribution in [2.45, 2.75) is 75.5 Å². The maximum atomic E-state index is 12.6. The molecule has 10 rings (SSSR count). The first kappa shape index (κ1) is 44.9. The molecule has 2 saturated heterocycles. The van der Waals surface area contributed by atoms with Gasteiger partial charge in [0.1, 0.15) is 21.5 Å². The summed E-state index contributed by atoms with van der Waals surface area (Å²) in [4.78, 5) is 36.6. The zero-order valence-electron chi connectivity index (χ0n) is 37.5. The Labute approximate surface area is 387 Å². The molecule has 7 N–H and O–H groups in total. The van der Waals surface area contributed by atoms with Crippen molar-refractivity contribution in [2.24, 2.45) is 0 Å². The second kappa shape index (κ2) is 20.5. The predicted molar refractivity (Wildman–Crippen MR) is 265 cm³/mol. The van der Waals surface area contributed by atoms with Gasteiger partial charge in [-0.1, -0.05) is 48.5 Å². The molecule has 2 aromatic heterocycles. The van der Waals surface area contributed by atoms with Gasteiger partial charge in [-0.05, 0) is 147 Å². The number of anilines is 4. The van der Waals surface area contributed by atoms with Gasteiger partial charge >= 0.3 is 12.1 Å². The van der Waals surface area contributed by atoms with Gasteiger partial charge in [-0.2, -0.15) is 0 Å². The van der Waals surface area contributed by atoms with Crippen LogP contribution in [0.1, 0.15) is 72.9 Å². The summed E-state index contributed by atoms with van der Waals surface area (Å²) in [6.45, 7) is 4.02. The summed E-state index contributed by atoms with van der Waals surface area (Å²) in [5, 5.41) is 24.4. The standard InChI is InChI=1S/C27H33N5O3S.C24H27N5O/c1-36(34,35)17-16-32-14-12-21(13-15-32)28-27(33)29-22-8-10-24-20(18-22)7-11-26(30-24)31-25-9-6-19-4-2-3-5-23(19)25;30-24(26-18-11-13-25-14-12-18)27-19-7-9-21-17(15-19)6-10-23(28-21)29-22-8-5-16-3-1-2-4-20(16)22/h2-5,7-8,10-11,18,21,25H,6,9,12-17H2,1H3,(H,30,31)(H2,28,29,33);1-4,6-7,9-10,15,18,22,25H,5,8,11-14H2,(H,28,29)(H2,26,27,30)/t25-;22-/m11/s1. The zero-order valence-corrected chi connectivity index (χ0v) is 38.3. The van der Waals surface area contributed by atoms with Crippen LogP contribution in [-0.4, -0.2) is 92.2 Å². The van der Waals surface area contributed by atoms with E-state index in [-0.39, 0.29) is 35.9 Å². The molecule has 2 fully saturated rings. The van der Waals surface area contributed by atoms with E-state index < -0.39 is 9.84 Å². The average molecular weight is 909 g/mol. The Balaban J connectivity index is 0.000000169. The van der Waals surface area contributed by atoms with Crippen LogP contribution in [0.4, 0.5) is 32.6 Å². The van der Waals surface area contributed by atoms with Crippen molar-refractivity contribution < 1.29 is 18.0 Å². The zero-order chi connectivity index (χ0) is 45.5. The SMILES string of the molecule is CS(=O)(=O)CCN1CCC(NC(=O)Nc2ccc3nc(N[C@@H]4CCc5ccccc54)ccc3c2)CC1.O=C(Nc1ccc2nc(N[C@@H]3CCc4ccccc43)ccc2c1)NC1CCNCC1. The first-order chi connectivity index (χ1) is 32.1. The lowest BCUT2D eigenvalue weighted by molar-refractivity contribution is 0.203. The second-order valence-electron chi connectivity index (χ2n) is 18.0. The monoisotopic (exact) mass is 908 g/mol. The Morgan fingerprint density at radius 1 is 0.621 bits per heavy atom. The number of sulfone groups is 1. The number of likely N-dealkylation sites (tertiary alicyclic amines) is 1. The Kier molecular flexibility index (Phi) is 13.9. The molecule has 344 valence electrons. The summed E-state index contributed by atoms with van der Waals surface area (Å²) in [5.41, 5.74) is 8.84. The second-order valence-corrected chi connectivity index (χ2v) is 20.3. The number of piperidine rings is 2. The fourth-order valence-corrected chi connectivity index (χ4v) is 10.2. The van der Waals surface area contributed by atoms with Crippen LogP contribution in [0.25, 0.3) is 21.8 Å². The van der Waals surface area contributed by atoms with E-state index in [0.29, 0.717) is 12.6 Å². The van der Waals surface area contributed by atoms with E-state index in [1.54, 1.807) is 0 Å². The van der Waals surface area contributed by atoms with E-state index in [1.165, 1.54) is 28.5 Å². The maximum Gasteiger partial charge on any atom is 0.319 e. The summed E-state index contributed by atoms with van der Waals surface area (Å²) in [6, 6.07) is 37.4. The van der Waals surface area contributed by atoms with Gasteiger partial charge in [-0.15, -0.1) is 0 Å². The molecule has 4 aromatic carbocycles. The number of aromatic nitrogens is 2. The number of nitrogens with zero attached hydrogens (tertiary/aromatic N) is 3. The van der Waals surface area contributed by atoms with Crippen molar-refractivity contribution in [1.29, 1.82) is 0 Å². The van der Waals surface area contributed by atoms with E-state index in [1.807, 2.05) is 54.6 Å². The normalized spacial score (nSPS) is 18.7. The lowest BCUT2D eigenvalue weighted by Gasteiger charge is -2.32. The first-order valence-electron chi connectivity index (χ1n) is 23.3. The number of nitrogens with one attached hydrogen (secondary N) is 7. The van der Waals surface area contributed by atoms with Crippen LogP contribution < -0.4 is 37.2 Å². The van der Waals surface area contributed by atoms with Crippen molar-refractivity contribution in [2.75, 3.05) is 66.0 Å². The van der Waals surface area contributed by atoms with E-state index >= 15 is 0 Å². The van der Waals surface area contributed by atoms with Gasteiger partial charge in [0.15, 0.2) is 0 Å². The Morgan fingerprint density at radius 2 is 1.11 bits per heavy atom. The highest BCUT2D eigenvalue weighted by Gasteiger charge is 2.25. The number of amides is 4. The number of hydrogen-bond donors (Lipinski definition) is 7. The smallest absolute Gasteiger partial charge is 0.319 e. The van der Waals surface area contributed by atoms with Crippen LogP contribution in [0.2, 0.25) is 0 Å². The fraction of sp³-hybridized carbons (Fsp3) is 0.373. The third-order valence-corrected chi connectivity index (χ3v) is 14.1. The number of rotatable bonds is 11. The molecule has 2 aliphatic heterocycles. The predicted octanol–water partition coefficient (Wildman–Crippen LogP) is 8.17. The van der Waals surface area contributed by atoms with Crippen LogP contribution in [0.15, 0.2) is 109 Å². The average Bonchev–Trinajstić information content (AvgIpc) is 3.92. The van der Waals surface area contributed by atoms with Gasteiger partial charge in [0, 0.05) is 60.1 Å². The molecule has 0 spiro atoms. The van der Waals surface area contributed by atoms with Crippen LogP contribution in [-0.2, 0) is 22.7 Å². The molecule has 4 aliphatic rings. The molecular weight excluding hydrogens is 849 g/mol. The number of pyridine rings is 2. The summed E-state index contributed by atoms with van der Waals surface area (Å²) < 4.78 is 22.7. The third-order valence-electron chi connectivity index (χ3n) is 13.2. The van der Waals surface area contributed by atoms with Crippen molar-refractivity contribution in [3.05, 3.63) is 131 Å². The molecule has 4 amide bonds. The number of carbonyl (C=O) groups is 2. The molecule has 0 saturated carbocycles. The van der Waals surface area contributed by atoms with Gasteiger partial charge in [0.05, 0.1) is 28.9 Å². The van der Waals surface area contributed by atoms with E-state index in [4.69, 9.17) is 9.97 Å². The minimum absolute atomic E-state index is 0.0796. The molecule has 6 aromatic rings. The van der Waals surface area contributed by atoms with Crippen LogP contribution in [0, 0.1) is 0 Å². The minimum atomic E-state index is -2.95. The summed E-state index contributed by atoms with van der Waals surface area (Å²) in [5.74, 6) is 1.91. The van der Waals surface area contributed by atoms with E-state index in [9.17, 15) is 18.0 Å². The molecular formula is C51H60N10O4S. The highest BCUT2D eigenvalue weighted by atomic mass is 32.2. The maximum absolute atomic E-state index is 12.6. The van der Waals surface area contributed by atoms with Gasteiger partial charge < -0.3 is 42.1 Å². The molecule has 0 unspecified atom stereocenters. The number of hydrogen-bond acceptors (Lipinski definition) is 10. The molecule has 4 heterocycles. The Hall–Kier alpha value is -6.29. The molecule has 14 nitrogen and oxygen atoms in total. The quantitative estimate of drug-likeness (QED) is 0.0670. The highest BCUT2D eigenvalue weighted by Crippen LogP contribution is 2.35. The van der Waals surface area contributed by atoms with Crippen molar-refractivity contribution >= 4 is 66.7 Å². The molecule has 15 heteroatoms. The third kappa shape index (κ3) is 11.7. The molecule has 2 atom stereocenters.